The summed E-state index contributed by atoms with van der Waals surface area (Å²) < 4.78 is 40.5. The Labute approximate surface area is 125 Å². The normalized spacial score (nSPS) is 23.8. The Balaban J connectivity index is 2.20. The number of benzene rings is 1. The molecule has 5 nitrogen and oxygen atoms in total. The number of nitrogens with one attached hydrogen (secondary N) is 1. The second-order valence-electron chi connectivity index (χ2n) is 4.93. The lowest BCUT2D eigenvalue weighted by Crippen LogP contribution is -2.38. The van der Waals surface area contributed by atoms with Crippen molar-refractivity contribution in [3.05, 3.63) is 22.4 Å². The molecule has 1 aromatic rings. The minimum Gasteiger partial charge on any atom is -0.396 e. The van der Waals surface area contributed by atoms with Crippen molar-refractivity contribution in [1.82, 2.24) is 4.72 Å². The van der Waals surface area contributed by atoms with Gasteiger partial charge in [-0.2, -0.15) is 0 Å². The van der Waals surface area contributed by atoms with E-state index in [-0.39, 0.29) is 27.2 Å². The number of sulfonamides is 1. The SMILES string of the molecule is Nc1cc(S(=O)(=O)NC2CCC(O)CC2)c(Br)cc1F. The molecule has 1 aliphatic rings. The van der Waals surface area contributed by atoms with Crippen LogP contribution in [0.3, 0.4) is 0 Å². The number of rotatable bonds is 3. The van der Waals surface area contributed by atoms with Gasteiger partial charge in [0.1, 0.15) is 5.82 Å². The van der Waals surface area contributed by atoms with Crippen LogP contribution in [0.1, 0.15) is 25.7 Å². The molecule has 20 heavy (non-hydrogen) atoms. The summed E-state index contributed by atoms with van der Waals surface area (Å²) in [5, 5.41) is 9.41. The summed E-state index contributed by atoms with van der Waals surface area (Å²) in [5.74, 6) is -0.670. The number of nitrogen functional groups attached to an aromatic ring is 1. The lowest BCUT2D eigenvalue weighted by molar-refractivity contribution is 0.120. The van der Waals surface area contributed by atoms with Crippen molar-refractivity contribution in [1.29, 1.82) is 0 Å². The molecule has 0 atom stereocenters. The van der Waals surface area contributed by atoms with Crippen molar-refractivity contribution in [3.63, 3.8) is 0 Å². The molecule has 8 heteroatoms. The first kappa shape index (κ1) is 15.7. The molecule has 1 saturated carbocycles. The summed E-state index contributed by atoms with van der Waals surface area (Å²) in [6, 6.07) is 1.91. The average molecular weight is 367 g/mol. The van der Waals surface area contributed by atoms with Crippen molar-refractivity contribution < 1.29 is 17.9 Å². The Morgan fingerprint density at radius 2 is 1.90 bits per heavy atom. The fourth-order valence-corrected chi connectivity index (χ4v) is 4.58. The molecule has 0 aliphatic heterocycles. The van der Waals surface area contributed by atoms with Crippen molar-refractivity contribution in [2.45, 2.75) is 42.7 Å². The molecule has 0 heterocycles. The number of hydrogen-bond donors (Lipinski definition) is 3. The molecule has 1 aliphatic carbocycles. The molecular formula is C12H16BrFN2O3S. The Hall–Kier alpha value is -0.700. The van der Waals surface area contributed by atoms with Crippen LogP contribution in [0, 0.1) is 5.82 Å². The fraction of sp³-hybridized carbons (Fsp3) is 0.500. The van der Waals surface area contributed by atoms with E-state index in [4.69, 9.17) is 5.73 Å². The summed E-state index contributed by atoms with van der Waals surface area (Å²) in [7, 11) is -3.77. The Morgan fingerprint density at radius 3 is 2.50 bits per heavy atom. The van der Waals surface area contributed by atoms with E-state index in [1.807, 2.05) is 0 Å². The smallest absolute Gasteiger partial charge is 0.242 e. The highest BCUT2D eigenvalue weighted by Crippen LogP contribution is 2.28. The summed E-state index contributed by atoms with van der Waals surface area (Å²) in [5.41, 5.74) is 5.20. The number of aliphatic hydroxyl groups is 1. The van der Waals surface area contributed by atoms with E-state index in [1.54, 1.807) is 0 Å². The van der Waals surface area contributed by atoms with Gasteiger partial charge >= 0.3 is 0 Å². The van der Waals surface area contributed by atoms with Crippen LogP contribution in [-0.2, 0) is 10.0 Å². The molecule has 112 valence electrons. The van der Waals surface area contributed by atoms with Gasteiger partial charge < -0.3 is 10.8 Å². The molecule has 0 spiro atoms. The van der Waals surface area contributed by atoms with Gasteiger partial charge in [0.2, 0.25) is 10.0 Å². The molecule has 0 saturated heterocycles. The zero-order chi connectivity index (χ0) is 14.9. The predicted octanol–water partition coefficient (Wildman–Crippen LogP) is 1.75. The molecule has 0 radical (unpaired) electrons. The van der Waals surface area contributed by atoms with Gasteiger partial charge in [-0.25, -0.2) is 17.5 Å². The predicted molar refractivity (Wildman–Crippen MR) is 77.1 cm³/mol. The number of nitrogens with two attached hydrogens (primary N) is 1. The Bertz CT molecular complexity index is 601. The van der Waals surface area contributed by atoms with Crippen LogP contribution in [0.25, 0.3) is 0 Å². The minimum absolute atomic E-state index is 0.0810. The van der Waals surface area contributed by atoms with Gasteiger partial charge in [0.15, 0.2) is 0 Å². The van der Waals surface area contributed by atoms with Crippen LogP contribution in [0.15, 0.2) is 21.5 Å². The molecule has 4 N–H and O–H groups in total. The first-order valence-corrected chi connectivity index (χ1v) is 8.52. The zero-order valence-electron chi connectivity index (χ0n) is 10.6. The van der Waals surface area contributed by atoms with Crippen molar-refractivity contribution >= 4 is 31.6 Å². The van der Waals surface area contributed by atoms with E-state index in [2.05, 4.69) is 20.7 Å². The monoisotopic (exact) mass is 366 g/mol. The quantitative estimate of drug-likeness (QED) is 0.710. The first-order chi connectivity index (χ1) is 9.29. The van der Waals surface area contributed by atoms with E-state index in [0.717, 1.165) is 12.1 Å². The molecule has 0 amide bonds. The Kier molecular flexibility index (Phi) is 4.68. The van der Waals surface area contributed by atoms with Crippen molar-refractivity contribution in [3.8, 4) is 0 Å². The van der Waals surface area contributed by atoms with Gasteiger partial charge in [0.05, 0.1) is 16.7 Å². The first-order valence-electron chi connectivity index (χ1n) is 6.24. The minimum atomic E-state index is -3.77. The summed E-state index contributed by atoms with van der Waals surface area (Å²) in [6.07, 6.45) is 1.94. The maximum absolute atomic E-state index is 13.3. The number of anilines is 1. The van der Waals surface area contributed by atoms with Crippen LogP contribution in [-0.4, -0.2) is 25.7 Å². The third kappa shape index (κ3) is 3.49. The van der Waals surface area contributed by atoms with Crippen LogP contribution in [0.5, 0.6) is 0 Å². The molecule has 1 aromatic carbocycles. The highest BCUT2D eigenvalue weighted by molar-refractivity contribution is 9.10. The van der Waals surface area contributed by atoms with Crippen LogP contribution in [0.2, 0.25) is 0 Å². The van der Waals surface area contributed by atoms with E-state index < -0.39 is 15.8 Å². The van der Waals surface area contributed by atoms with E-state index >= 15 is 0 Å². The molecule has 0 aromatic heterocycles. The highest BCUT2D eigenvalue weighted by Gasteiger charge is 2.26. The Morgan fingerprint density at radius 1 is 1.30 bits per heavy atom. The van der Waals surface area contributed by atoms with Crippen LogP contribution in [0.4, 0.5) is 10.1 Å². The molecule has 2 rings (SSSR count). The van der Waals surface area contributed by atoms with Crippen molar-refractivity contribution in [2.24, 2.45) is 0 Å². The van der Waals surface area contributed by atoms with Crippen LogP contribution < -0.4 is 10.5 Å². The van der Waals surface area contributed by atoms with Gasteiger partial charge in [-0.3, -0.25) is 0 Å². The summed E-state index contributed by atoms with van der Waals surface area (Å²) in [6.45, 7) is 0. The molecular weight excluding hydrogens is 351 g/mol. The van der Waals surface area contributed by atoms with E-state index in [0.29, 0.717) is 25.7 Å². The second-order valence-corrected chi connectivity index (χ2v) is 7.47. The lowest BCUT2D eigenvalue weighted by Gasteiger charge is -2.26. The fourth-order valence-electron chi connectivity index (χ4n) is 2.23. The summed E-state index contributed by atoms with van der Waals surface area (Å²) >= 11 is 3.04. The van der Waals surface area contributed by atoms with Gasteiger partial charge in [0.25, 0.3) is 0 Å². The van der Waals surface area contributed by atoms with E-state index in [1.165, 1.54) is 0 Å². The largest absolute Gasteiger partial charge is 0.396 e. The van der Waals surface area contributed by atoms with Crippen LogP contribution >= 0.6 is 15.9 Å². The average Bonchev–Trinajstić information content (AvgIpc) is 2.36. The van der Waals surface area contributed by atoms with Gasteiger partial charge in [-0.15, -0.1) is 0 Å². The number of aliphatic hydroxyl groups excluding tert-OH is 1. The topological polar surface area (TPSA) is 92.4 Å². The highest BCUT2D eigenvalue weighted by atomic mass is 79.9. The lowest BCUT2D eigenvalue weighted by atomic mass is 9.94. The van der Waals surface area contributed by atoms with Gasteiger partial charge in [-0.05, 0) is 53.7 Å². The van der Waals surface area contributed by atoms with Crippen molar-refractivity contribution in [2.75, 3.05) is 5.73 Å². The molecule has 0 unspecified atom stereocenters. The molecule has 0 bridgehead atoms. The third-order valence-corrected chi connectivity index (χ3v) is 5.84. The number of halogens is 2. The van der Waals surface area contributed by atoms with E-state index in [9.17, 15) is 17.9 Å². The van der Waals surface area contributed by atoms with Gasteiger partial charge in [-0.1, -0.05) is 0 Å². The zero-order valence-corrected chi connectivity index (χ0v) is 13.0. The number of hydrogen-bond acceptors (Lipinski definition) is 4. The summed E-state index contributed by atoms with van der Waals surface area (Å²) in [4.78, 5) is -0.0810. The second kappa shape index (κ2) is 5.97. The standard InChI is InChI=1S/C12H16BrFN2O3S/c13-9-5-10(14)11(15)6-12(9)20(18,19)16-7-1-3-8(17)4-2-7/h5-8,16-17H,1-4,15H2. The maximum atomic E-state index is 13.3. The maximum Gasteiger partial charge on any atom is 0.242 e. The van der Waals surface area contributed by atoms with Gasteiger partial charge in [0, 0.05) is 10.5 Å². The molecule has 1 fully saturated rings. The third-order valence-electron chi connectivity index (χ3n) is 3.36.